The minimum absolute atomic E-state index is 0.0114. The van der Waals surface area contributed by atoms with Gasteiger partial charge in [-0.2, -0.15) is 11.8 Å². The van der Waals surface area contributed by atoms with E-state index in [-0.39, 0.29) is 11.7 Å². The Morgan fingerprint density at radius 3 is 2.57 bits per heavy atom. The molecule has 1 aromatic carbocycles. The second-order valence-electron chi connectivity index (χ2n) is 7.46. The van der Waals surface area contributed by atoms with Gasteiger partial charge in [0.15, 0.2) is 5.78 Å². The fourth-order valence-corrected chi connectivity index (χ4v) is 4.68. The van der Waals surface area contributed by atoms with Crippen LogP contribution in [0.3, 0.4) is 0 Å². The predicted octanol–water partition coefficient (Wildman–Crippen LogP) is 5.80. The number of carbonyl (C=O) groups is 2. The number of ether oxygens (including phenoxy) is 1. The number of esters is 1. The first kappa shape index (κ1) is 24.2. The van der Waals surface area contributed by atoms with Crippen LogP contribution in [0.1, 0.15) is 70.2 Å². The third-order valence-corrected chi connectivity index (χ3v) is 6.02. The Morgan fingerprint density at radius 1 is 1.20 bits per heavy atom. The average molecular weight is 432 g/mol. The van der Waals surface area contributed by atoms with Gasteiger partial charge in [0.25, 0.3) is 0 Å². The molecule has 0 bridgehead atoms. The number of Topliss-reactive ketones (excluding diaryl/α,β-unsaturated/α-hetero) is 1. The van der Waals surface area contributed by atoms with Gasteiger partial charge in [-0.3, -0.25) is 4.79 Å². The first-order chi connectivity index (χ1) is 14.5. The zero-order chi connectivity index (χ0) is 21.9. The molecular weight excluding hydrogens is 398 g/mol. The quantitative estimate of drug-likeness (QED) is 0.252. The number of hydrogen-bond donors (Lipinski definition) is 0. The van der Waals surface area contributed by atoms with Crippen LogP contribution in [0.15, 0.2) is 46.8 Å². The Labute approximate surface area is 184 Å². The van der Waals surface area contributed by atoms with Crippen LogP contribution in [0.4, 0.5) is 0 Å². The summed E-state index contributed by atoms with van der Waals surface area (Å²) in [7, 11) is 0. The van der Waals surface area contributed by atoms with E-state index >= 15 is 0 Å². The molecule has 164 valence electrons. The van der Waals surface area contributed by atoms with Crippen molar-refractivity contribution in [1.82, 2.24) is 0 Å². The molecule has 1 aliphatic carbocycles. The van der Waals surface area contributed by atoms with E-state index < -0.39 is 5.97 Å². The first-order valence-electron chi connectivity index (χ1n) is 10.8. The molecule has 0 aliphatic heterocycles. The van der Waals surface area contributed by atoms with Crippen molar-refractivity contribution < 1.29 is 19.2 Å². The first-order valence-corrected chi connectivity index (χ1v) is 11.9. The molecule has 1 aromatic rings. The molecule has 5 nitrogen and oxygen atoms in total. The summed E-state index contributed by atoms with van der Waals surface area (Å²) >= 11 is 1.89. The fourth-order valence-electron chi connectivity index (χ4n) is 3.70. The third kappa shape index (κ3) is 7.01. The molecule has 6 heteroatoms. The summed E-state index contributed by atoms with van der Waals surface area (Å²) in [5, 5.41) is 4.65. The number of allylic oxidation sites excluding steroid dienone is 2. The Kier molecular flexibility index (Phi) is 10.1. The van der Waals surface area contributed by atoms with Gasteiger partial charge in [-0.1, -0.05) is 50.5 Å². The highest BCUT2D eigenvalue weighted by Crippen LogP contribution is 2.35. The average Bonchev–Trinajstić information content (AvgIpc) is 2.72. The van der Waals surface area contributed by atoms with Crippen molar-refractivity contribution in [3.05, 3.63) is 47.2 Å². The molecule has 0 radical (unpaired) electrons. The smallest absolute Gasteiger partial charge is 0.343 e. The summed E-state index contributed by atoms with van der Waals surface area (Å²) in [6.07, 6.45) is 3.33. The van der Waals surface area contributed by atoms with Gasteiger partial charge in [-0.05, 0) is 43.6 Å². The van der Waals surface area contributed by atoms with Crippen LogP contribution < -0.4 is 0 Å². The molecule has 30 heavy (non-hydrogen) atoms. The third-order valence-electron chi connectivity index (χ3n) is 4.93. The highest BCUT2D eigenvalue weighted by atomic mass is 32.2. The van der Waals surface area contributed by atoms with Gasteiger partial charge in [-0.25, -0.2) is 4.79 Å². The Morgan fingerprint density at radius 2 is 1.93 bits per heavy atom. The lowest BCUT2D eigenvalue weighted by Crippen LogP contribution is -2.28. The van der Waals surface area contributed by atoms with E-state index in [1.807, 2.05) is 31.7 Å². The Hall–Kier alpha value is -2.08. The standard InChI is InChI=1S/C24H33NO4S/c1-5-11-20(25-28-6-2)23-21(26)15-18(14-17(4)30-7-3)16-22(23)29-24(27)19-12-9-8-10-13-19/h8-10,12-13,17-18H,5-7,11,14-16H2,1-4H3. The van der Waals surface area contributed by atoms with Gasteiger partial charge in [0.05, 0.1) is 16.8 Å². The second-order valence-corrected chi connectivity index (χ2v) is 9.17. The molecule has 0 fully saturated rings. The summed E-state index contributed by atoms with van der Waals surface area (Å²) in [4.78, 5) is 31.2. The molecule has 0 saturated heterocycles. The van der Waals surface area contributed by atoms with Crippen LogP contribution in [-0.2, 0) is 14.4 Å². The van der Waals surface area contributed by atoms with E-state index in [0.717, 1.165) is 18.6 Å². The molecule has 0 saturated carbocycles. The summed E-state index contributed by atoms with van der Waals surface area (Å²) in [6.45, 7) is 8.62. The van der Waals surface area contributed by atoms with E-state index in [4.69, 9.17) is 9.57 Å². The van der Waals surface area contributed by atoms with Gasteiger partial charge in [0.2, 0.25) is 0 Å². The maximum Gasteiger partial charge on any atom is 0.343 e. The number of thioether (sulfide) groups is 1. The molecule has 0 N–H and O–H groups in total. The topological polar surface area (TPSA) is 65.0 Å². The van der Waals surface area contributed by atoms with Gasteiger partial charge >= 0.3 is 5.97 Å². The number of carbonyl (C=O) groups excluding carboxylic acids is 2. The number of ketones is 1. The van der Waals surface area contributed by atoms with Crippen LogP contribution in [0.2, 0.25) is 0 Å². The van der Waals surface area contributed by atoms with E-state index in [0.29, 0.717) is 53.7 Å². The summed E-state index contributed by atoms with van der Waals surface area (Å²) in [5.41, 5.74) is 1.48. The maximum absolute atomic E-state index is 13.2. The highest BCUT2D eigenvalue weighted by molar-refractivity contribution is 7.99. The van der Waals surface area contributed by atoms with E-state index in [1.165, 1.54) is 0 Å². The number of hydrogen-bond acceptors (Lipinski definition) is 6. The Bertz CT molecular complexity index is 773. The van der Waals surface area contributed by atoms with Crippen molar-refractivity contribution in [3.8, 4) is 0 Å². The molecular formula is C24H33NO4S. The van der Waals surface area contributed by atoms with Crippen LogP contribution >= 0.6 is 11.8 Å². The number of benzene rings is 1. The predicted molar refractivity (Wildman–Crippen MR) is 123 cm³/mol. The lowest BCUT2D eigenvalue weighted by atomic mass is 9.82. The summed E-state index contributed by atoms with van der Waals surface area (Å²) in [5.74, 6) is 1.18. The minimum Gasteiger partial charge on any atom is -0.427 e. The maximum atomic E-state index is 13.2. The second kappa shape index (κ2) is 12.6. The van der Waals surface area contributed by atoms with Gasteiger partial charge in [0, 0.05) is 18.1 Å². The van der Waals surface area contributed by atoms with E-state index in [1.54, 1.807) is 24.3 Å². The lowest BCUT2D eigenvalue weighted by Gasteiger charge is -2.27. The van der Waals surface area contributed by atoms with Crippen LogP contribution in [0, 0.1) is 5.92 Å². The monoisotopic (exact) mass is 431 g/mol. The number of oxime groups is 1. The summed E-state index contributed by atoms with van der Waals surface area (Å²) in [6, 6.07) is 8.87. The van der Waals surface area contributed by atoms with Crippen molar-refractivity contribution >= 4 is 29.2 Å². The van der Waals surface area contributed by atoms with Crippen molar-refractivity contribution in [1.29, 1.82) is 0 Å². The summed E-state index contributed by atoms with van der Waals surface area (Å²) < 4.78 is 5.82. The largest absolute Gasteiger partial charge is 0.427 e. The highest BCUT2D eigenvalue weighted by Gasteiger charge is 2.33. The van der Waals surface area contributed by atoms with E-state index in [9.17, 15) is 9.59 Å². The molecule has 2 atom stereocenters. The van der Waals surface area contributed by atoms with Gasteiger partial charge < -0.3 is 9.57 Å². The van der Waals surface area contributed by atoms with Crippen molar-refractivity contribution in [2.75, 3.05) is 12.4 Å². The van der Waals surface area contributed by atoms with Crippen LogP contribution in [0.5, 0.6) is 0 Å². The molecule has 0 amide bonds. The Balaban J connectivity index is 2.37. The van der Waals surface area contributed by atoms with Gasteiger partial charge in [0.1, 0.15) is 12.4 Å². The lowest BCUT2D eigenvalue weighted by molar-refractivity contribution is -0.116. The van der Waals surface area contributed by atoms with Crippen LogP contribution in [-0.4, -0.2) is 35.1 Å². The van der Waals surface area contributed by atoms with E-state index in [2.05, 4.69) is 19.0 Å². The molecule has 0 spiro atoms. The zero-order valence-electron chi connectivity index (χ0n) is 18.5. The molecule has 1 aliphatic rings. The van der Waals surface area contributed by atoms with Crippen LogP contribution in [0.25, 0.3) is 0 Å². The molecule has 0 heterocycles. The zero-order valence-corrected chi connectivity index (χ0v) is 19.3. The minimum atomic E-state index is -0.445. The normalized spacial score (nSPS) is 18.3. The van der Waals surface area contributed by atoms with Crippen molar-refractivity contribution in [2.24, 2.45) is 11.1 Å². The SMILES string of the molecule is CCCC(=NOCC)C1=C(OC(=O)c2ccccc2)CC(CC(C)SCC)CC1=O. The molecule has 2 unspecified atom stereocenters. The number of nitrogens with zero attached hydrogens (tertiary/aromatic N) is 1. The fraction of sp³-hybridized carbons (Fsp3) is 0.542. The molecule has 0 aromatic heterocycles. The van der Waals surface area contributed by atoms with Gasteiger partial charge in [-0.15, -0.1) is 0 Å². The molecule has 2 rings (SSSR count). The number of rotatable bonds is 11. The van der Waals surface area contributed by atoms with Crippen molar-refractivity contribution in [2.45, 2.75) is 65.0 Å². The van der Waals surface area contributed by atoms with Crippen molar-refractivity contribution in [3.63, 3.8) is 0 Å².